The number of hydrogen-bond donors (Lipinski definition) is 2. The molecule has 36 heavy (non-hydrogen) atoms. The minimum Gasteiger partial charge on any atom is -0.465 e. The Morgan fingerprint density at radius 1 is 1.03 bits per heavy atom. The number of carbonyl (C=O) groups is 1. The highest BCUT2D eigenvalue weighted by Crippen LogP contribution is 2.22. The molecule has 1 amide bonds. The largest absolute Gasteiger partial charge is 0.465 e. The van der Waals surface area contributed by atoms with Gasteiger partial charge < -0.3 is 15.3 Å². The van der Waals surface area contributed by atoms with E-state index >= 15 is 0 Å². The third-order valence-electron chi connectivity index (χ3n) is 5.81. The molecular weight excluding hydrogens is 489 g/mol. The maximum atomic E-state index is 14.0. The van der Waals surface area contributed by atoms with Crippen LogP contribution in [0.25, 0.3) is 11.1 Å². The van der Waals surface area contributed by atoms with Gasteiger partial charge >= 0.3 is 6.09 Å². The second-order valence-electron chi connectivity index (χ2n) is 8.27. The van der Waals surface area contributed by atoms with Gasteiger partial charge in [0.25, 0.3) is 0 Å². The summed E-state index contributed by atoms with van der Waals surface area (Å²) in [5, 5.41) is 11.5. The Bertz CT molecular complexity index is 1270. The molecule has 1 saturated heterocycles. The smallest absolute Gasteiger partial charge is 0.404 e. The van der Waals surface area contributed by atoms with Crippen molar-refractivity contribution in [1.82, 2.24) is 29.6 Å². The van der Waals surface area contributed by atoms with E-state index in [1.165, 1.54) is 10.4 Å². The Morgan fingerprint density at radius 2 is 1.69 bits per heavy atom. The van der Waals surface area contributed by atoms with Crippen LogP contribution in [0.1, 0.15) is 12.2 Å². The predicted molar refractivity (Wildman–Crippen MR) is 130 cm³/mol. The van der Waals surface area contributed by atoms with E-state index in [2.05, 4.69) is 25.3 Å². The Balaban J connectivity index is 1.35. The van der Waals surface area contributed by atoms with Crippen molar-refractivity contribution in [3.05, 3.63) is 66.8 Å². The van der Waals surface area contributed by atoms with Crippen LogP contribution < -0.4 is 10.2 Å². The lowest BCUT2D eigenvalue weighted by Crippen LogP contribution is -2.52. The van der Waals surface area contributed by atoms with Crippen molar-refractivity contribution in [1.29, 1.82) is 0 Å². The molecule has 2 aromatic heterocycles. The third-order valence-corrected chi connectivity index (χ3v) is 7.79. The van der Waals surface area contributed by atoms with Crippen LogP contribution >= 0.6 is 0 Å². The summed E-state index contributed by atoms with van der Waals surface area (Å²) < 4.78 is 41.4. The first-order chi connectivity index (χ1) is 17.3. The Kier molecular flexibility index (Phi) is 8.00. The van der Waals surface area contributed by atoms with Crippen LogP contribution in [0.4, 0.5) is 15.1 Å². The second kappa shape index (κ2) is 11.4. The first-order valence-corrected chi connectivity index (χ1v) is 13.0. The number of carboxylic acid groups (broad SMARTS) is 1. The average Bonchev–Trinajstić information content (AvgIpc) is 2.88. The summed E-state index contributed by atoms with van der Waals surface area (Å²) in [5.41, 5.74) is 0.958. The topological polar surface area (TPSA) is 142 Å². The van der Waals surface area contributed by atoms with E-state index in [0.29, 0.717) is 42.4 Å². The Morgan fingerprint density at radius 3 is 2.33 bits per heavy atom. The van der Waals surface area contributed by atoms with Crippen molar-refractivity contribution >= 4 is 22.1 Å². The molecular formula is C23H26FN7O4S. The maximum absolute atomic E-state index is 14.0. The van der Waals surface area contributed by atoms with Crippen molar-refractivity contribution < 1.29 is 22.7 Å². The molecule has 0 saturated carbocycles. The summed E-state index contributed by atoms with van der Waals surface area (Å²) in [7, 11) is -3.73. The summed E-state index contributed by atoms with van der Waals surface area (Å²) in [6, 6.07) is 7.23. The fourth-order valence-corrected chi connectivity index (χ4v) is 5.67. The maximum Gasteiger partial charge on any atom is 0.404 e. The number of amides is 1. The van der Waals surface area contributed by atoms with E-state index in [1.54, 1.807) is 49.1 Å². The number of aromatic nitrogens is 4. The molecule has 3 aromatic rings. The lowest BCUT2D eigenvalue weighted by molar-refractivity contribution is 0.190. The molecule has 0 spiro atoms. The van der Waals surface area contributed by atoms with Crippen molar-refractivity contribution in [2.75, 3.05) is 36.8 Å². The molecule has 1 unspecified atom stereocenters. The number of aryl methyl sites for hydroxylation is 1. The second-order valence-corrected chi connectivity index (χ2v) is 10.3. The summed E-state index contributed by atoms with van der Waals surface area (Å²) in [5.74, 6) is 0.224. The fraction of sp³-hybridized carbons (Fsp3) is 0.348. The summed E-state index contributed by atoms with van der Waals surface area (Å²) in [6.45, 7) is 1.16. The fourth-order valence-electron chi connectivity index (χ4n) is 3.98. The Labute approximate surface area is 208 Å². The van der Waals surface area contributed by atoms with Gasteiger partial charge in [0.1, 0.15) is 11.6 Å². The van der Waals surface area contributed by atoms with E-state index < -0.39 is 22.2 Å². The van der Waals surface area contributed by atoms with Gasteiger partial charge in [-0.2, -0.15) is 4.31 Å². The van der Waals surface area contributed by atoms with Crippen molar-refractivity contribution in [2.24, 2.45) is 0 Å². The number of halogens is 1. The Hall–Kier alpha value is -3.71. The zero-order valence-corrected chi connectivity index (χ0v) is 20.2. The molecule has 13 heteroatoms. The molecule has 2 N–H and O–H groups in total. The van der Waals surface area contributed by atoms with Crippen LogP contribution in [-0.2, 0) is 16.4 Å². The monoisotopic (exact) mass is 515 g/mol. The molecule has 1 aliphatic rings. The van der Waals surface area contributed by atoms with Gasteiger partial charge in [0.05, 0.1) is 5.75 Å². The number of nitrogens with one attached hydrogen (secondary N) is 1. The highest BCUT2D eigenvalue weighted by atomic mass is 32.2. The van der Waals surface area contributed by atoms with Crippen LogP contribution in [0.2, 0.25) is 0 Å². The van der Waals surface area contributed by atoms with E-state index in [4.69, 9.17) is 5.11 Å². The van der Waals surface area contributed by atoms with Gasteiger partial charge in [0.15, 0.2) is 0 Å². The highest BCUT2D eigenvalue weighted by molar-refractivity contribution is 7.89. The zero-order valence-electron chi connectivity index (χ0n) is 19.4. The quantitative estimate of drug-likeness (QED) is 0.436. The van der Waals surface area contributed by atoms with Gasteiger partial charge in [-0.25, -0.2) is 37.5 Å². The molecule has 1 aliphatic heterocycles. The molecule has 190 valence electrons. The molecule has 0 radical (unpaired) electrons. The van der Waals surface area contributed by atoms with Crippen molar-refractivity contribution in [3.63, 3.8) is 0 Å². The van der Waals surface area contributed by atoms with Gasteiger partial charge in [-0.05, 0) is 18.6 Å². The van der Waals surface area contributed by atoms with Crippen LogP contribution in [0.5, 0.6) is 0 Å². The standard InChI is InChI=1S/C23H26FN7O4S/c24-20-5-2-1-4-19(20)17-14-27-22(28-15-17)30-10-12-31(13-11-30)36(34,35)16-18(29-23(32)33)6-7-21-25-8-3-9-26-21/h1-5,8-9,14-15,18,29H,6-7,10-13,16H2,(H,32,33). The first kappa shape index (κ1) is 25.4. The van der Waals surface area contributed by atoms with Crippen LogP contribution in [0, 0.1) is 5.82 Å². The van der Waals surface area contributed by atoms with E-state index in [-0.39, 0.29) is 31.1 Å². The minimum absolute atomic E-state index is 0.211. The highest BCUT2D eigenvalue weighted by Gasteiger charge is 2.31. The SMILES string of the molecule is O=C(O)NC(CCc1ncccn1)CS(=O)(=O)N1CCN(c2ncc(-c3ccccc3F)cn2)CC1. The van der Waals surface area contributed by atoms with Crippen LogP contribution in [0.3, 0.4) is 0 Å². The van der Waals surface area contributed by atoms with Gasteiger partial charge in [-0.15, -0.1) is 0 Å². The molecule has 11 nitrogen and oxygen atoms in total. The molecule has 0 aliphatic carbocycles. The van der Waals surface area contributed by atoms with Crippen molar-refractivity contribution in [2.45, 2.75) is 18.9 Å². The number of benzene rings is 1. The van der Waals surface area contributed by atoms with E-state index in [9.17, 15) is 17.6 Å². The number of sulfonamides is 1. The van der Waals surface area contributed by atoms with Crippen molar-refractivity contribution in [3.8, 4) is 11.1 Å². The van der Waals surface area contributed by atoms with E-state index in [0.717, 1.165) is 0 Å². The number of anilines is 1. The molecule has 3 heterocycles. The van der Waals surface area contributed by atoms with Gasteiger partial charge in [-0.1, -0.05) is 18.2 Å². The minimum atomic E-state index is -3.73. The average molecular weight is 516 g/mol. The molecule has 1 aromatic carbocycles. The molecule has 1 atom stereocenters. The number of nitrogens with zero attached hydrogens (tertiary/aromatic N) is 6. The van der Waals surface area contributed by atoms with Gasteiger partial charge in [0, 0.05) is 74.6 Å². The predicted octanol–water partition coefficient (Wildman–Crippen LogP) is 1.79. The zero-order chi connectivity index (χ0) is 25.5. The van der Waals surface area contributed by atoms with Crippen LogP contribution in [0.15, 0.2) is 55.1 Å². The normalized spacial score (nSPS) is 15.4. The first-order valence-electron chi connectivity index (χ1n) is 11.4. The number of rotatable bonds is 9. The molecule has 0 bridgehead atoms. The van der Waals surface area contributed by atoms with Crippen LogP contribution in [-0.4, -0.2) is 81.8 Å². The van der Waals surface area contributed by atoms with Gasteiger partial charge in [-0.3, -0.25) is 0 Å². The lowest BCUT2D eigenvalue weighted by atomic mass is 10.1. The van der Waals surface area contributed by atoms with Gasteiger partial charge in [0.2, 0.25) is 16.0 Å². The number of piperazine rings is 1. The summed E-state index contributed by atoms with van der Waals surface area (Å²) >= 11 is 0. The molecule has 4 rings (SSSR count). The number of hydrogen-bond acceptors (Lipinski definition) is 8. The van der Waals surface area contributed by atoms with E-state index in [1.807, 2.05) is 4.90 Å². The lowest BCUT2D eigenvalue weighted by Gasteiger charge is -2.34. The summed E-state index contributed by atoms with van der Waals surface area (Å²) in [4.78, 5) is 29.9. The third kappa shape index (κ3) is 6.49. The molecule has 1 fully saturated rings. The summed E-state index contributed by atoms with van der Waals surface area (Å²) in [6.07, 6.45) is 5.55.